The Morgan fingerprint density at radius 3 is 2.45 bits per heavy atom. The van der Waals surface area contributed by atoms with Gasteiger partial charge in [0.1, 0.15) is 5.82 Å². The minimum atomic E-state index is -0.0712. The Bertz CT molecular complexity index is 903. The molecule has 0 bridgehead atoms. The van der Waals surface area contributed by atoms with Gasteiger partial charge in [0.15, 0.2) is 0 Å². The van der Waals surface area contributed by atoms with Crippen molar-refractivity contribution in [2.24, 2.45) is 11.3 Å². The molecule has 5 rings (SSSR count). The first-order valence-corrected chi connectivity index (χ1v) is 12.3. The number of pyridine rings is 1. The van der Waals surface area contributed by atoms with Crippen LogP contribution in [0.15, 0.2) is 41.9 Å². The van der Waals surface area contributed by atoms with Crippen LogP contribution in [-0.2, 0) is 4.79 Å². The number of carbonyl (C=O) groups is 2. The van der Waals surface area contributed by atoms with E-state index in [1.807, 2.05) is 51.7 Å². The van der Waals surface area contributed by atoms with Crippen LogP contribution in [0.1, 0.15) is 41.8 Å². The average Bonchev–Trinajstić information content (AvgIpc) is 3.48. The van der Waals surface area contributed by atoms with E-state index < -0.39 is 0 Å². The summed E-state index contributed by atoms with van der Waals surface area (Å²) in [6.45, 7) is 4.35. The van der Waals surface area contributed by atoms with Crippen LogP contribution in [0.3, 0.4) is 0 Å². The molecule has 3 fully saturated rings. The van der Waals surface area contributed by atoms with Gasteiger partial charge in [0.05, 0.1) is 10.8 Å². The maximum absolute atomic E-state index is 13.7. The predicted octanol–water partition coefficient (Wildman–Crippen LogP) is 3.51. The maximum atomic E-state index is 13.7. The van der Waals surface area contributed by atoms with Crippen molar-refractivity contribution < 1.29 is 9.59 Å². The average molecular weight is 439 g/mol. The molecule has 0 N–H and O–H groups in total. The fourth-order valence-electron chi connectivity index (χ4n) is 5.70. The first kappa shape index (κ1) is 20.5. The molecule has 1 spiro atoms. The Kier molecular flexibility index (Phi) is 5.69. The summed E-state index contributed by atoms with van der Waals surface area (Å²) in [6, 6.07) is 9.78. The lowest BCUT2D eigenvalue weighted by Crippen LogP contribution is -2.53. The lowest BCUT2D eigenvalue weighted by molar-refractivity contribution is -0.139. The van der Waals surface area contributed by atoms with E-state index in [9.17, 15) is 9.59 Å². The molecule has 6 nitrogen and oxygen atoms in total. The van der Waals surface area contributed by atoms with Crippen LogP contribution in [0.25, 0.3) is 0 Å². The third kappa shape index (κ3) is 3.95. The van der Waals surface area contributed by atoms with Crippen molar-refractivity contribution in [2.75, 3.05) is 44.2 Å². The molecule has 2 saturated heterocycles. The number of carbonyl (C=O) groups excluding carboxylic acids is 2. The van der Waals surface area contributed by atoms with Gasteiger partial charge in [-0.3, -0.25) is 9.59 Å². The fraction of sp³-hybridized carbons (Fsp3) is 0.542. The first-order chi connectivity index (χ1) is 15.2. The number of aromatic nitrogens is 1. The van der Waals surface area contributed by atoms with Gasteiger partial charge >= 0.3 is 0 Å². The minimum absolute atomic E-state index is 0.0413. The lowest BCUT2D eigenvalue weighted by atomic mass is 9.67. The van der Waals surface area contributed by atoms with E-state index in [0.29, 0.717) is 6.54 Å². The third-order valence-corrected chi connectivity index (χ3v) is 8.24. The zero-order chi connectivity index (χ0) is 21.3. The summed E-state index contributed by atoms with van der Waals surface area (Å²) < 4.78 is 0. The fourth-order valence-corrected chi connectivity index (χ4v) is 6.39. The van der Waals surface area contributed by atoms with E-state index in [2.05, 4.69) is 9.88 Å². The Morgan fingerprint density at radius 2 is 1.77 bits per heavy atom. The molecule has 1 unspecified atom stereocenters. The van der Waals surface area contributed by atoms with Gasteiger partial charge in [-0.05, 0) is 36.4 Å². The minimum Gasteiger partial charge on any atom is -0.353 e. The Labute approximate surface area is 187 Å². The number of amides is 2. The Hall–Kier alpha value is -2.41. The Balaban J connectivity index is 1.30. The molecule has 2 aliphatic heterocycles. The highest BCUT2D eigenvalue weighted by molar-refractivity contribution is 7.12. The van der Waals surface area contributed by atoms with Gasteiger partial charge < -0.3 is 14.7 Å². The van der Waals surface area contributed by atoms with Crippen molar-refractivity contribution >= 4 is 29.0 Å². The molecule has 164 valence electrons. The van der Waals surface area contributed by atoms with Gasteiger partial charge in [-0.2, -0.15) is 0 Å². The second-order valence-electron chi connectivity index (χ2n) is 9.14. The number of nitrogens with zero attached hydrogens (tertiary/aromatic N) is 4. The molecular weight excluding hydrogens is 408 g/mol. The van der Waals surface area contributed by atoms with Crippen molar-refractivity contribution in [3.63, 3.8) is 0 Å². The number of hydrogen-bond donors (Lipinski definition) is 0. The van der Waals surface area contributed by atoms with E-state index in [1.165, 1.54) is 17.8 Å². The molecular formula is C24H30N4O2S. The summed E-state index contributed by atoms with van der Waals surface area (Å²) in [5.41, 5.74) is -0.0413. The topological polar surface area (TPSA) is 56.8 Å². The molecule has 1 atom stereocenters. The molecule has 31 heavy (non-hydrogen) atoms. The number of thiophene rings is 1. The van der Waals surface area contributed by atoms with Gasteiger partial charge in [0, 0.05) is 50.9 Å². The van der Waals surface area contributed by atoms with Gasteiger partial charge in [-0.25, -0.2) is 4.98 Å². The van der Waals surface area contributed by atoms with Gasteiger partial charge in [0.2, 0.25) is 5.91 Å². The number of anilines is 1. The third-order valence-electron chi connectivity index (χ3n) is 7.38. The van der Waals surface area contributed by atoms with Gasteiger partial charge in [0.25, 0.3) is 5.91 Å². The zero-order valence-electron chi connectivity index (χ0n) is 17.9. The van der Waals surface area contributed by atoms with Crippen molar-refractivity contribution in [3.8, 4) is 0 Å². The smallest absolute Gasteiger partial charge is 0.263 e. The van der Waals surface area contributed by atoms with Crippen LogP contribution in [0.2, 0.25) is 0 Å². The normalized spacial score (nSPS) is 23.4. The van der Waals surface area contributed by atoms with E-state index >= 15 is 0 Å². The van der Waals surface area contributed by atoms with E-state index in [0.717, 1.165) is 69.1 Å². The molecule has 0 aromatic carbocycles. The molecule has 1 saturated carbocycles. The second-order valence-corrected chi connectivity index (χ2v) is 10.1. The lowest BCUT2D eigenvalue weighted by Gasteiger charge is -2.41. The SMILES string of the molecule is O=C(c1cccs1)N1CC(C(=O)N2CCN(c3ccccn3)CC2)C2(CCCCC2)C1. The standard InChI is InChI=1S/C24H30N4O2S/c29-22(27-14-12-26(13-15-27)21-8-2-5-11-25-21)19-17-28(23(30)20-7-6-16-31-20)18-24(19)9-3-1-4-10-24/h2,5-8,11,16,19H,1,3-4,9-10,12-15,17-18H2. The first-order valence-electron chi connectivity index (χ1n) is 11.4. The molecule has 2 amide bonds. The van der Waals surface area contributed by atoms with Crippen LogP contribution in [-0.4, -0.2) is 65.9 Å². The molecule has 1 aliphatic carbocycles. The quantitative estimate of drug-likeness (QED) is 0.736. The van der Waals surface area contributed by atoms with Crippen LogP contribution < -0.4 is 4.90 Å². The van der Waals surface area contributed by atoms with E-state index in [4.69, 9.17) is 0 Å². The summed E-state index contributed by atoms with van der Waals surface area (Å²) in [6.07, 6.45) is 7.51. The number of piperazine rings is 1. The molecule has 0 radical (unpaired) electrons. The summed E-state index contributed by atoms with van der Waals surface area (Å²) >= 11 is 1.49. The second kappa shape index (κ2) is 8.61. The van der Waals surface area contributed by atoms with Gasteiger partial charge in [-0.1, -0.05) is 31.4 Å². The van der Waals surface area contributed by atoms with Crippen LogP contribution in [0.5, 0.6) is 0 Å². The predicted molar refractivity (Wildman–Crippen MR) is 122 cm³/mol. The van der Waals surface area contributed by atoms with Crippen LogP contribution in [0.4, 0.5) is 5.82 Å². The molecule has 4 heterocycles. The highest BCUT2D eigenvalue weighted by Gasteiger charge is 2.52. The molecule has 7 heteroatoms. The zero-order valence-corrected chi connectivity index (χ0v) is 18.7. The van der Waals surface area contributed by atoms with Crippen molar-refractivity contribution in [1.82, 2.24) is 14.8 Å². The van der Waals surface area contributed by atoms with Crippen LogP contribution >= 0.6 is 11.3 Å². The summed E-state index contributed by atoms with van der Waals surface area (Å²) in [5, 5.41) is 1.95. The molecule has 2 aromatic rings. The monoisotopic (exact) mass is 438 g/mol. The maximum Gasteiger partial charge on any atom is 0.263 e. The summed E-state index contributed by atoms with van der Waals surface area (Å²) in [4.78, 5) is 38.3. The van der Waals surface area contributed by atoms with Crippen molar-refractivity contribution in [3.05, 3.63) is 46.8 Å². The number of hydrogen-bond acceptors (Lipinski definition) is 5. The highest BCUT2D eigenvalue weighted by Crippen LogP contribution is 2.48. The number of likely N-dealkylation sites (tertiary alicyclic amines) is 1. The van der Waals surface area contributed by atoms with Crippen molar-refractivity contribution in [1.29, 1.82) is 0 Å². The van der Waals surface area contributed by atoms with E-state index in [1.54, 1.807) is 0 Å². The molecule has 2 aromatic heterocycles. The number of rotatable bonds is 3. The van der Waals surface area contributed by atoms with Crippen molar-refractivity contribution in [2.45, 2.75) is 32.1 Å². The van der Waals surface area contributed by atoms with Crippen LogP contribution in [0, 0.1) is 11.3 Å². The Morgan fingerprint density at radius 1 is 0.968 bits per heavy atom. The summed E-state index contributed by atoms with van der Waals surface area (Å²) in [7, 11) is 0. The highest BCUT2D eigenvalue weighted by atomic mass is 32.1. The van der Waals surface area contributed by atoms with E-state index in [-0.39, 0.29) is 23.1 Å². The largest absolute Gasteiger partial charge is 0.353 e. The molecule has 3 aliphatic rings. The van der Waals surface area contributed by atoms with Gasteiger partial charge in [-0.15, -0.1) is 11.3 Å². The summed E-state index contributed by atoms with van der Waals surface area (Å²) in [5.74, 6) is 1.25.